The number of ether oxygens (including phenoxy) is 3. The Bertz CT molecular complexity index is 1160. The number of rotatable bonds is 11. The van der Waals surface area contributed by atoms with Crippen molar-refractivity contribution in [3.8, 4) is 11.5 Å². The summed E-state index contributed by atoms with van der Waals surface area (Å²) in [6, 6.07) is 21.2. The Kier molecular flexibility index (Phi) is 9.88. The van der Waals surface area contributed by atoms with Gasteiger partial charge in [-0.05, 0) is 73.9 Å². The van der Waals surface area contributed by atoms with Gasteiger partial charge in [-0.3, -0.25) is 9.59 Å². The number of aryl methyl sites for hydroxylation is 1. The van der Waals surface area contributed by atoms with Crippen molar-refractivity contribution in [3.05, 3.63) is 89.5 Å². The third-order valence-corrected chi connectivity index (χ3v) is 5.17. The zero-order valence-electron chi connectivity index (χ0n) is 20.4. The second-order valence-electron chi connectivity index (χ2n) is 7.95. The lowest BCUT2D eigenvalue weighted by molar-refractivity contribution is -0.116. The van der Waals surface area contributed by atoms with E-state index in [4.69, 9.17) is 14.2 Å². The minimum atomic E-state index is -0.790. The van der Waals surface area contributed by atoms with Crippen LogP contribution in [0.5, 0.6) is 11.5 Å². The Hall–Kier alpha value is -4.33. The largest absolute Gasteiger partial charge is 0.513 e. The van der Waals surface area contributed by atoms with Gasteiger partial charge in [-0.25, -0.2) is 4.79 Å². The lowest BCUT2D eigenvalue weighted by Crippen LogP contribution is -2.22. The Morgan fingerprint density at radius 1 is 0.889 bits per heavy atom. The summed E-state index contributed by atoms with van der Waals surface area (Å²) < 4.78 is 15.4. The smallest absolute Gasteiger partial charge is 0.493 e. The first-order valence-electron chi connectivity index (χ1n) is 11.7. The second kappa shape index (κ2) is 13.5. The highest BCUT2D eigenvalue weighted by molar-refractivity contribution is 5.94. The lowest BCUT2D eigenvalue weighted by Gasteiger charge is -2.10. The minimum absolute atomic E-state index is 0.0835. The van der Waals surface area contributed by atoms with Crippen LogP contribution in [0.4, 0.5) is 10.5 Å². The summed E-state index contributed by atoms with van der Waals surface area (Å²) in [5.41, 5.74) is 3.07. The molecule has 0 aliphatic rings. The maximum absolute atomic E-state index is 12.4. The van der Waals surface area contributed by atoms with Crippen LogP contribution in [0.15, 0.2) is 72.8 Å². The minimum Gasteiger partial charge on any atom is -0.493 e. The van der Waals surface area contributed by atoms with Crippen molar-refractivity contribution in [1.82, 2.24) is 5.32 Å². The Labute approximate surface area is 210 Å². The maximum atomic E-state index is 12.4. The van der Waals surface area contributed by atoms with E-state index in [1.165, 1.54) is 12.1 Å². The van der Waals surface area contributed by atoms with E-state index in [2.05, 4.69) is 10.6 Å². The van der Waals surface area contributed by atoms with E-state index in [-0.39, 0.29) is 18.4 Å². The van der Waals surface area contributed by atoms with Gasteiger partial charge in [0.05, 0.1) is 13.2 Å². The van der Waals surface area contributed by atoms with Crippen LogP contribution in [-0.2, 0) is 16.1 Å². The van der Waals surface area contributed by atoms with Crippen molar-refractivity contribution in [2.75, 3.05) is 18.5 Å². The molecule has 0 aliphatic carbocycles. The summed E-state index contributed by atoms with van der Waals surface area (Å²) in [5, 5.41) is 5.71. The quantitative estimate of drug-likeness (QED) is 0.216. The van der Waals surface area contributed by atoms with Gasteiger partial charge >= 0.3 is 6.16 Å². The molecule has 0 bridgehead atoms. The maximum Gasteiger partial charge on any atom is 0.513 e. The van der Waals surface area contributed by atoms with Crippen LogP contribution < -0.4 is 20.1 Å². The highest BCUT2D eigenvalue weighted by Gasteiger charge is 2.09. The topological polar surface area (TPSA) is 103 Å². The zero-order valence-corrected chi connectivity index (χ0v) is 20.4. The molecule has 8 nitrogen and oxygen atoms in total. The van der Waals surface area contributed by atoms with E-state index in [1.807, 2.05) is 43.3 Å². The molecule has 0 atom stereocenters. The van der Waals surface area contributed by atoms with Gasteiger partial charge < -0.3 is 24.8 Å². The van der Waals surface area contributed by atoms with Crippen molar-refractivity contribution in [1.29, 1.82) is 0 Å². The Balaban J connectivity index is 1.38. The predicted molar refractivity (Wildman–Crippen MR) is 136 cm³/mol. The van der Waals surface area contributed by atoms with Crippen molar-refractivity contribution in [2.45, 2.75) is 33.2 Å². The van der Waals surface area contributed by atoms with Gasteiger partial charge in [0, 0.05) is 24.2 Å². The van der Waals surface area contributed by atoms with Crippen LogP contribution in [0.2, 0.25) is 0 Å². The standard InChI is InChI=1S/C28H30N2O6/c1-3-34-28(33)36-24-16-12-22(13-17-24)27(32)29-19-21-10-14-23(15-11-21)30-26(31)9-6-18-35-25-8-5-4-7-20(25)2/h4-5,7-8,10-17H,3,6,9,18-19H2,1-2H3,(H,29,32)(H,30,31). The molecule has 3 aromatic rings. The van der Waals surface area contributed by atoms with Gasteiger partial charge in [0.1, 0.15) is 11.5 Å². The molecule has 36 heavy (non-hydrogen) atoms. The molecule has 0 aliphatic heterocycles. The molecular weight excluding hydrogens is 460 g/mol. The van der Waals surface area contributed by atoms with Crippen LogP contribution in [0, 0.1) is 6.92 Å². The van der Waals surface area contributed by atoms with E-state index in [0.29, 0.717) is 43.0 Å². The molecule has 0 unspecified atom stereocenters. The number of carbonyl (C=O) groups excluding carboxylic acids is 3. The predicted octanol–water partition coefficient (Wildman–Crippen LogP) is 5.26. The van der Waals surface area contributed by atoms with Gasteiger partial charge in [0.25, 0.3) is 5.91 Å². The number of hydrogen-bond acceptors (Lipinski definition) is 6. The summed E-state index contributed by atoms with van der Waals surface area (Å²) >= 11 is 0. The van der Waals surface area contributed by atoms with Gasteiger partial charge in [-0.2, -0.15) is 0 Å². The summed E-state index contributed by atoms with van der Waals surface area (Å²) in [6.07, 6.45) is 0.176. The molecule has 0 aromatic heterocycles. The second-order valence-corrected chi connectivity index (χ2v) is 7.95. The highest BCUT2D eigenvalue weighted by Crippen LogP contribution is 2.17. The normalized spacial score (nSPS) is 10.3. The highest BCUT2D eigenvalue weighted by atomic mass is 16.7. The van der Waals surface area contributed by atoms with Crippen LogP contribution in [-0.4, -0.2) is 31.2 Å². The fraction of sp³-hybridized carbons (Fsp3) is 0.250. The van der Waals surface area contributed by atoms with Crippen LogP contribution >= 0.6 is 0 Å². The average Bonchev–Trinajstić information content (AvgIpc) is 2.87. The Morgan fingerprint density at radius 3 is 2.31 bits per heavy atom. The molecule has 0 saturated heterocycles. The SMILES string of the molecule is CCOC(=O)Oc1ccc(C(=O)NCc2ccc(NC(=O)CCCOc3ccccc3C)cc2)cc1. The molecule has 0 saturated carbocycles. The first kappa shape index (κ1) is 26.3. The first-order chi connectivity index (χ1) is 17.4. The molecule has 2 N–H and O–H groups in total. The molecule has 8 heteroatoms. The third-order valence-electron chi connectivity index (χ3n) is 5.17. The molecule has 0 spiro atoms. The zero-order chi connectivity index (χ0) is 25.8. The lowest BCUT2D eigenvalue weighted by atomic mass is 10.1. The molecular formula is C28H30N2O6. The van der Waals surface area contributed by atoms with Crippen LogP contribution in [0.1, 0.15) is 41.3 Å². The van der Waals surface area contributed by atoms with Crippen molar-refractivity contribution in [2.24, 2.45) is 0 Å². The van der Waals surface area contributed by atoms with Gasteiger partial charge in [-0.1, -0.05) is 30.3 Å². The van der Waals surface area contributed by atoms with E-state index in [0.717, 1.165) is 16.9 Å². The fourth-order valence-corrected chi connectivity index (χ4v) is 3.26. The van der Waals surface area contributed by atoms with Crippen LogP contribution in [0.25, 0.3) is 0 Å². The van der Waals surface area contributed by atoms with Crippen molar-refractivity contribution < 1.29 is 28.6 Å². The molecule has 188 valence electrons. The van der Waals surface area contributed by atoms with Crippen molar-refractivity contribution in [3.63, 3.8) is 0 Å². The van der Waals surface area contributed by atoms with E-state index >= 15 is 0 Å². The number of benzene rings is 3. The number of nitrogens with one attached hydrogen (secondary N) is 2. The number of carbonyl (C=O) groups is 3. The Morgan fingerprint density at radius 2 is 1.61 bits per heavy atom. The van der Waals surface area contributed by atoms with E-state index in [9.17, 15) is 14.4 Å². The van der Waals surface area contributed by atoms with Gasteiger partial charge in [0.2, 0.25) is 5.91 Å². The summed E-state index contributed by atoms with van der Waals surface area (Å²) in [5.74, 6) is 0.782. The number of amides is 2. The van der Waals surface area contributed by atoms with E-state index in [1.54, 1.807) is 31.2 Å². The molecule has 3 aromatic carbocycles. The van der Waals surface area contributed by atoms with E-state index < -0.39 is 6.16 Å². The number of para-hydroxylation sites is 1. The molecule has 2 amide bonds. The summed E-state index contributed by atoms with van der Waals surface area (Å²) in [6.45, 7) is 4.68. The monoisotopic (exact) mass is 490 g/mol. The third kappa shape index (κ3) is 8.47. The van der Waals surface area contributed by atoms with Gasteiger partial charge in [0.15, 0.2) is 0 Å². The summed E-state index contributed by atoms with van der Waals surface area (Å²) in [7, 11) is 0. The van der Waals surface area contributed by atoms with Crippen LogP contribution in [0.3, 0.4) is 0 Å². The summed E-state index contributed by atoms with van der Waals surface area (Å²) in [4.78, 5) is 35.9. The molecule has 0 heterocycles. The fourth-order valence-electron chi connectivity index (χ4n) is 3.26. The molecule has 3 rings (SSSR count). The van der Waals surface area contributed by atoms with Crippen molar-refractivity contribution >= 4 is 23.7 Å². The number of anilines is 1. The molecule has 0 radical (unpaired) electrons. The average molecular weight is 491 g/mol. The van der Waals surface area contributed by atoms with Gasteiger partial charge in [-0.15, -0.1) is 0 Å². The first-order valence-corrected chi connectivity index (χ1v) is 11.7. The number of hydrogen-bond donors (Lipinski definition) is 2. The molecule has 0 fully saturated rings.